The van der Waals surface area contributed by atoms with Crippen molar-refractivity contribution in [1.82, 2.24) is 20.9 Å². The predicted molar refractivity (Wildman–Crippen MR) is 82.2 cm³/mol. The quantitative estimate of drug-likeness (QED) is 0.671. The number of nitrogens with zero attached hydrogens (tertiary/aromatic N) is 1. The number of imide groups is 1. The van der Waals surface area contributed by atoms with Crippen molar-refractivity contribution in [3.05, 3.63) is 0 Å². The van der Waals surface area contributed by atoms with Crippen molar-refractivity contribution in [3.63, 3.8) is 0 Å². The first-order valence-electron chi connectivity index (χ1n) is 7.04. The van der Waals surface area contributed by atoms with Crippen molar-refractivity contribution in [1.29, 1.82) is 0 Å². The van der Waals surface area contributed by atoms with Crippen LogP contribution in [0.5, 0.6) is 0 Å². The highest BCUT2D eigenvalue weighted by Crippen LogP contribution is 2.19. The molecule has 0 aliphatic carbocycles. The lowest BCUT2D eigenvalue weighted by molar-refractivity contribution is -0.120. The molecule has 1 rings (SSSR count). The van der Waals surface area contributed by atoms with Gasteiger partial charge in [0.2, 0.25) is 5.91 Å². The summed E-state index contributed by atoms with van der Waals surface area (Å²) in [5, 5.41) is 7.84. The Hall–Kier alpha value is -0.850. The molecule has 1 aliphatic heterocycles. The Morgan fingerprint density at radius 2 is 1.85 bits per heavy atom. The molecule has 1 aliphatic rings. The standard InChI is InChI=1S/C13H26N4O2.ClH/c1-14-7-3-11-4-8-17(9-5-11)10-6-12(18)16-13(19)15-2;/h11,14H,3-10H2,1-2H3,(H2,15,16,18,19);1H. The van der Waals surface area contributed by atoms with E-state index in [0.29, 0.717) is 6.42 Å². The maximum absolute atomic E-state index is 11.5. The van der Waals surface area contributed by atoms with E-state index in [1.807, 2.05) is 7.05 Å². The first-order chi connectivity index (χ1) is 9.15. The van der Waals surface area contributed by atoms with E-state index in [9.17, 15) is 9.59 Å². The van der Waals surface area contributed by atoms with Crippen LogP contribution in [-0.4, -0.2) is 57.1 Å². The van der Waals surface area contributed by atoms with Crippen LogP contribution >= 0.6 is 12.4 Å². The second kappa shape index (κ2) is 10.9. The number of piperidine rings is 1. The molecule has 0 aromatic rings. The summed E-state index contributed by atoms with van der Waals surface area (Å²) in [6, 6.07) is -0.434. The maximum Gasteiger partial charge on any atom is 0.321 e. The third kappa shape index (κ3) is 7.67. The van der Waals surface area contributed by atoms with Crippen molar-refractivity contribution in [2.24, 2.45) is 5.92 Å². The molecule has 1 saturated heterocycles. The summed E-state index contributed by atoms with van der Waals surface area (Å²) in [6.07, 6.45) is 4.04. The molecule has 0 bridgehead atoms. The molecule has 0 unspecified atom stereocenters. The van der Waals surface area contributed by atoms with E-state index in [2.05, 4.69) is 20.9 Å². The summed E-state index contributed by atoms with van der Waals surface area (Å²) in [7, 11) is 3.48. The van der Waals surface area contributed by atoms with Crippen LogP contribution in [0.2, 0.25) is 0 Å². The molecular weight excluding hydrogens is 280 g/mol. The van der Waals surface area contributed by atoms with Gasteiger partial charge in [-0.3, -0.25) is 10.1 Å². The lowest BCUT2D eigenvalue weighted by Gasteiger charge is -2.31. The smallest absolute Gasteiger partial charge is 0.321 e. The van der Waals surface area contributed by atoms with E-state index in [0.717, 1.165) is 32.1 Å². The molecule has 6 nitrogen and oxygen atoms in total. The largest absolute Gasteiger partial charge is 0.341 e. The molecule has 3 N–H and O–H groups in total. The molecule has 20 heavy (non-hydrogen) atoms. The van der Waals surface area contributed by atoms with Crippen molar-refractivity contribution < 1.29 is 9.59 Å². The number of hydrogen-bond acceptors (Lipinski definition) is 4. The van der Waals surface area contributed by atoms with Gasteiger partial charge in [0, 0.05) is 20.0 Å². The Morgan fingerprint density at radius 1 is 1.20 bits per heavy atom. The van der Waals surface area contributed by atoms with Gasteiger partial charge in [0.15, 0.2) is 0 Å². The molecule has 0 aromatic carbocycles. The zero-order valence-corrected chi connectivity index (χ0v) is 13.2. The van der Waals surface area contributed by atoms with Crippen LogP contribution < -0.4 is 16.0 Å². The molecule has 7 heteroatoms. The lowest BCUT2D eigenvalue weighted by atomic mass is 9.93. The molecule has 0 aromatic heterocycles. The van der Waals surface area contributed by atoms with E-state index in [4.69, 9.17) is 0 Å². The van der Waals surface area contributed by atoms with Crippen LogP contribution in [0, 0.1) is 5.92 Å². The molecule has 0 saturated carbocycles. The van der Waals surface area contributed by atoms with Crippen LogP contribution in [0.1, 0.15) is 25.7 Å². The molecular formula is C13H27ClN4O2. The monoisotopic (exact) mass is 306 g/mol. The summed E-state index contributed by atoms with van der Waals surface area (Å²) >= 11 is 0. The summed E-state index contributed by atoms with van der Waals surface area (Å²) < 4.78 is 0. The fraction of sp³-hybridized carbons (Fsp3) is 0.846. The molecule has 1 heterocycles. The van der Waals surface area contributed by atoms with Gasteiger partial charge in [0.25, 0.3) is 0 Å². The van der Waals surface area contributed by atoms with Gasteiger partial charge >= 0.3 is 6.03 Å². The fourth-order valence-corrected chi connectivity index (χ4v) is 2.36. The number of rotatable bonds is 6. The third-order valence-electron chi connectivity index (χ3n) is 3.64. The van der Waals surface area contributed by atoms with E-state index in [1.54, 1.807) is 0 Å². The lowest BCUT2D eigenvalue weighted by Crippen LogP contribution is -2.40. The first kappa shape index (κ1) is 19.1. The van der Waals surface area contributed by atoms with Gasteiger partial charge in [-0.2, -0.15) is 0 Å². The molecule has 1 fully saturated rings. The maximum atomic E-state index is 11.5. The highest BCUT2D eigenvalue weighted by atomic mass is 35.5. The molecule has 0 radical (unpaired) electrons. The van der Waals surface area contributed by atoms with Crippen LogP contribution in [0.25, 0.3) is 0 Å². The predicted octanol–water partition coefficient (Wildman–Crippen LogP) is 0.575. The van der Waals surface area contributed by atoms with E-state index >= 15 is 0 Å². The Balaban J connectivity index is 0.00000361. The van der Waals surface area contributed by atoms with Crippen LogP contribution in [0.15, 0.2) is 0 Å². The number of carbonyl (C=O) groups excluding carboxylic acids is 2. The van der Waals surface area contributed by atoms with Gasteiger partial charge in [-0.25, -0.2) is 4.79 Å². The van der Waals surface area contributed by atoms with E-state index < -0.39 is 6.03 Å². The highest BCUT2D eigenvalue weighted by Gasteiger charge is 2.19. The van der Waals surface area contributed by atoms with Gasteiger partial charge in [0.05, 0.1) is 0 Å². The number of urea groups is 1. The van der Waals surface area contributed by atoms with Crippen LogP contribution in [-0.2, 0) is 4.79 Å². The number of likely N-dealkylation sites (tertiary alicyclic amines) is 1. The number of hydrogen-bond donors (Lipinski definition) is 3. The van der Waals surface area contributed by atoms with Crippen molar-refractivity contribution in [2.45, 2.75) is 25.7 Å². The molecule has 118 valence electrons. The summed E-state index contributed by atoms with van der Waals surface area (Å²) in [6.45, 7) is 3.93. The minimum atomic E-state index is -0.434. The second-order valence-electron chi connectivity index (χ2n) is 5.05. The summed E-state index contributed by atoms with van der Waals surface area (Å²) in [4.78, 5) is 24.7. The number of halogens is 1. The van der Waals surface area contributed by atoms with Gasteiger partial charge in [0.1, 0.15) is 0 Å². The number of carbonyl (C=O) groups is 2. The third-order valence-corrected chi connectivity index (χ3v) is 3.64. The summed E-state index contributed by atoms with van der Waals surface area (Å²) in [5.41, 5.74) is 0. The van der Waals surface area contributed by atoms with Crippen molar-refractivity contribution >= 4 is 24.3 Å². The zero-order chi connectivity index (χ0) is 14.1. The van der Waals surface area contributed by atoms with Gasteiger partial charge < -0.3 is 15.5 Å². The molecule has 3 amide bonds. The highest BCUT2D eigenvalue weighted by molar-refractivity contribution is 5.94. The Kier molecular flexibility index (Phi) is 10.4. The Morgan fingerprint density at radius 3 is 2.40 bits per heavy atom. The van der Waals surface area contributed by atoms with Crippen molar-refractivity contribution in [2.75, 3.05) is 40.3 Å². The fourth-order valence-electron chi connectivity index (χ4n) is 2.36. The summed E-state index contributed by atoms with van der Waals surface area (Å²) in [5.74, 6) is 0.597. The van der Waals surface area contributed by atoms with Gasteiger partial charge in [-0.1, -0.05) is 0 Å². The van der Waals surface area contributed by atoms with Crippen LogP contribution in [0.3, 0.4) is 0 Å². The second-order valence-corrected chi connectivity index (χ2v) is 5.05. The molecule has 0 atom stereocenters. The topological polar surface area (TPSA) is 73.5 Å². The average molecular weight is 307 g/mol. The minimum Gasteiger partial charge on any atom is -0.341 e. The number of nitrogens with one attached hydrogen (secondary N) is 3. The van der Waals surface area contributed by atoms with E-state index in [1.165, 1.54) is 26.3 Å². The zero-order valence-electron chi connectivity index (χ0n) is 12.4. The van der Waals surface area contributed by atoms with E-state index in [-0.39, 0.29) is 18.3 Å². The van der Waals surface area contributed by atoms with Crippen molar-refractivity contribution in [3.8, 4) is 0 Å². The Bertz CT molecular complexity index is 294. The first-order valence-corrected chi connectivity index (χ1v) is 7.04. The molecule has 0 spiro atoms. The van der Waals surface area contributed by atoms with Crippen LogP contribution in [0.4, 0.5) is 4.79 Å². The average Bonchev–Trinajstić information content (AvgIpc) is 2.43. The number of amides is 3. The minimum absolute atomic E-state index is 0. The Labute approximate surface area is 127 Å². The van der Waals surface area contributed by atoms with Gasteiger partial charge in [-0.15, -0.1) is 12.4 Å². The SMILES string of the molecule is CNCCC1CCN(CCC(=O)NC(=O)NC)CC1.Cl. The normalized spacial score (nSPS) is 16.3. The van der Waals surface area contributed by atoms with Gasteiger partial charge in [-0.05, 0) is 51.9 Å².